The number of hydrogen-bond acceptors (Lipinski definition) is 5. The Morgan fingerprint density at radius 2 is 1.76 bits per heavy atom. The van der Waals surface area contributed by atoms with Crippen LogP contribution in [0.4, 0.5) is 10.5 Å². The van der Waals surface area contributed by atoms with Gasteiger partial charge in [0.1, 0.15) is 12.1 Å². The highest BCUT2D eigenvalue weighted by Gasteiger charge is 2.50. The van der Waals surface area contributed by atoms with Crippen molar-refractivity contribution in [2.45, 2.75) is 58.1 Å². The minimum absolute atomic E-state index is 0.429. The molecule has 0 unspecified atom stereocenters. The highest BCUT2D eigenvalue weighted by Crippen LogP contribution is 2.28. The number of carbonyl (C=O) groups excluding carboxylic acids is 4. The van der Waals surface area contributed by atoms with E-state index in [0.29, 0.717) is 36.4 Å². The van der Waals surface area contributed by atoms with Crippen LogP contribution in [0.1, 0.15) is 46.5 Å². The molecule has 1 aromatic rings. The van der Waals surface area contributed by atoms with Gasteiger partial charge in [0.2, 0.25) is 0 Å². The Morgan fingerprint density at radius 1 is 1.17 bits per heavy atom. The fourth-order valence-electron chi connectivity index (χ4n) is 3.33. The summed E-state index contributed by atoms with van der Waals surface area (Å²) in [6.45, 7) is 4.72. The van der Waals surface area contributed by atoms with Crippen molar-refractivity contribution < 1.29 is 23.9 Å². The Bertz CT molecular complexity index is 775. The zero-order valence-electron chi connectivity index (χ0n) is 16.8. The number of nitrogens with zero attached hydrogens (tertiary/aromatic N) is 1. The van der Waals surface area contributed by atoms with E-state index in [1.54, 1.807) is 24.3 Å². The summed E-state index contributed by atoms with van der Waals surface area (Å²) in [7, 11) is 0. The molecule has 1 saturated heterocycles. The number of halogens is 1. The van der Waals surface area contributed by atoms with Crippen molar-refractivity contribution >= 4 is 41.1 Å². The standard InChI is InChI=1S/C20H26ClN3O5/c1-4-10-20(11-5-2)18(27)24(19(28)23-20)12-16(25)29-13(3)17(26)22-15-8-6-14(21)7-9-15/h6-9,13H,4-5,10-12H2,1-3H3,(H,22,26)(H,23,28)/t13-/m1/s1. The molecule has 1 aromatic carbocycles. The van der Waals surface area contributed by atoms with Crippen molar-refractivity contribution in [2.75, 3.05) is 11.9 Å². The third-order valence-corrected chi connectivity index (χ3v) is 4.93. The number of carbonyl (C=O) groups is 4. The number of nitrogens with one attached hydrogen (secondary N) is 2. The lowest BCUT2D eigenvalue weighted by molar-refractivity contribution is -0.155. The van der Waals surface area contributed by atoms with Crippen molar-refractivity contribution in [3.8, 4) is 0 Å². The Hall–Kier alpha value is -2.61. The SMILES string of the molecule is CCCC1(CCC)NC(=O)N(CC(=O)O[C@H](C)C(=O)Nc2ccc(Cl)cc2)C1=O. The third kappa shape index (κ3) is 5.47. The lowest BCUT2D eigenvalue weighted by Crippen LogP contribution is -2.47. The first-order chi connectivity index (χ1) is 13.7. The summed E-state index contributed by atoms with van der Waals surface area (Å²) < 4.78 is 5.10. The molecule has 1 heterocycles. The van der Waals surface area contributed by atoms with E-state index in [2.05, 4.69) is 10.6 Å². The van der Waals surface area contributed by atoms with E-state index in [1.807, 2.05) is 13.8 Å². The number of rotatable bonds is 9. The molecule has 8 nitrogen and oxygen atoms in total. The molecule has 29 heavy (non-hydrogen) atoms. The van der Waals surface area contributed by atoms with Crippen LogP contribution in [0.5, 0.6) is 0 Å². The van der Waals surface area contributed by atoms with E-state index in [-0.39, 0.29) is 0 Å². The van der Waals surface area contributed by atoms with E-state index in [9.17, 15) is 19.2 Å². The van der Waals surface area contributed by atoms with Crippen LogP contribution in [0.25, 0.3) is 0 Å². The number of imide groups is 1. The maximum atomic E-state index is 12.8. The third-order valence-electron chi connectivity index (χ3n) is 4.68. The smallest absolute Gasteiger partial charge is 0.327 e. The van der Waals surface area contributed by atoms with Gasteiger partial charge in [-0.3, -0.25) is 19.3 Å². The summed E-state index contributed by atoms with van der Waals surface area (Å²) in [6, 6.07) is 5.84. The summed E-state index contributed by atoms with van der Waals surface area (Å²) in [6.07, 6.45) is 1.32. The first-order valence-electron chi connectivity index (χ1n) is 9.62. The van der Waals surface area contributed by atoms with Crippen LogP contribution in [0.3, 0.4) is 0 Å². The van der Waals surface area contributed by atoms with Gasteiger partial charge in [-0.15, -0.1) is 0 Å². The van der Waals surface area contributed by atoms with E-state index >= 15 is 0 Å². The minimum Gasteiger partial charge on any atom is -0.451 e. The fourth-order valence-corrected chi connectivity index (χ4v) is 3.46. The molecular weight excluding hydrogens is 398 g/mol. The largest absolute Gasteiger partial charge is 0.451 e. The van der Waals surface area contributed by atoms with Gasteiger partial charge in [-0.2, -0.15) is 0 Å². The highest BCUT2D eigenvalue weighted by molar-refractivity contribution is 6.30. The molecule has 2 rings (SSSR count). The number of amides is 4. The molecule has 1 aliphatic rings. The normalized spacial score (nSPS) is 16.3. The molecule has 4 amide bonds. The van der Waals surface area contributed by atoms with E-state index < -0.39 is 42.0 Å². The molecule has 0 saturated carbocycles. The minimum atomic E-state index is -1.10. The fraction of sp³-hybridized carbons (Fsp3) is 0.500. The van der Waals surface area contributed by atoms with E-state index in [0.717, 1.165) is 4.90 Å². The molecule has 2 N–H and O–H groups in total. The number of esters is 1. The molecule has 1 fully saturated rings. The molecule has 0 aromatic heterocycles. The average Bonchev–Trinajstić information content (AvgIpc) is 2.88. The van der Waals surface area contributed by atoms with Gasteiger partial charge < -0.3 is 15.4 Å². The average molecular weight is 424 g/mol. The molecular formula is C20H26ClN3O5. The highest BCUT2D eigenvalue weighted by atomic mass is 35.5. The summed E-state index contributed by atoms with van der Waals surface area (Å²) in [4.78, 5) is 50.3. The predicted octanol–water partition coefficient (Wildman–Crippen LogP) is 3.10. The maximum absolute atomic E-state index is 12.8. The Labute approximate surface area is 174 Å². The summed E-state index contributed by atoms with van der Waals surface area (Å²) >= 11 is 5.80. The lowest BCUT2D eigenvalue weighted by Gasteiger charge is -2.25. The van der Waals surface area contributed by atoms with E-state index in [1.165, 1.54) is 6.92 Å². The van der Waals surface area contributed by atoms with Gasteiger partial charge in [0.05, 0.1) is 0 Å². The van der Waals surface area contributed by atoms with Gasteiger partial charge in [0.15, 0.2) is 6.10 Å². The lowest BCUT2D eigenvalue weighted by atomic mass is 9.88. The van der Waals surface area contributed by atoms with Crippen LogP contribution in [0, 0.1) is 0 Å². The van der Waals surface area contributed by atoms with Gasteiger partial charge in [-0.05, 0) is 44.0 Å². The Morgan fingerprint density at radius 3 is 2.31 bits per heavy atom. The first kappa shape index (κ1) is 22.7. The van der Waals surface area contributed by atoms with Gasteiger partial charge in [0, 0.05) is 10.7 Å². The topological polar surface area (TPSA) is 105 Å². The molecule has 0 radical (unpaired) electrons. The van der Waals surface area contributed by atoms with Crippen molar-refractivity contribution in [3.63, 3.8) is 0 Å². The van der Waals surface area contributed by atoms with Crippen molar-refractivity contribution in [2.24, 2.45) is 0 Å². The second-order valence-electron chi connectivity index (χ2n) is 7.03. The van der Waals surface area contributed by atoms with Crippen molar-refractivity contribution in [1.82, 2.24) is 10.2 Å². The molecule has 1 atom stereocenters. The van der Waals surface area contributed by atoms with Gasteiger partial charge >= 0.3 is 12.0 Å². The first-order valence-corrected chi connectivity index (χ1v) is 10.00. The molecule has 158 valence electrons. The molecule has 0 bridgehead atoms. The second kappa shape index (κ2) is 9.73. The number of ether oxygens (including phenoxy) is 1. The predicted molar refractivity (Wildman–Crippen MR) is 108 cm³/mol. The number of hydrogen-bond donors (Lipinski definition) is 2. The maximum Gasteiger partial charge on any atom is 0.327 e. The van der Waals surface area contributed by atoms with Gasteiger partial charge in [-0.25, -0.2) is 4.79 Å². The zero-order chi connectivity index (χ0) is 21.6. The molecule has 0 aliphatic carbocycles. The summed E-state index contributed by atoms with van der Waals surface area (Å²) in [5.74, 6) is -1.80. The van der Waals surface area contributed by atoms with E-state index in [4.69, 9.17) is 16.3 Å². The number of benzene rings is 1. The van der Waals surface area contributed by atoms with Crippen molar-refractivity contribution in [3.05, 3.63) is 29.3 Å². The quantitative estimate of drug-likeness (QED) is 0.469. The molecule has 0 spiro atoms. The molecule has 9 heteroatoms. The van der Waals surface area contributed by atoms with Crippen molar-refractivity contribution in [1.29, 1.82) is 0 Å². The zero-order valence-corrected chi connectivity index (χ0v) is 17.5. The Balaban J connectivity index is 1.95. The second-order valence-corrected chi connectivity index (χ2v) is 7.47. The summed E-state index contributed by atoms with van der Waals surface area (Å²) in [5.41, 5.74) is -0.473. The van der Waals surface area contributed by atoms with Gasteiger partial charge in [-0.1, -0.05) is 38.3 Å². The Kier molecular flexibility index (Phi) is 7.61. The number of urea groups is 1. The van der Waals surface area contributed by atoms with Crippen LogP contribution in [0.2, 0.25) is 5.02 Å². The van der Waals surface area contributed by atoms with Crippen LogP contribution in [-0.2, 0) is 19.1 Å². The van der Waals surface area contributed by atoms with Crippen LogP contribution in [0.15, 0.2) is 24.3 Å². The van der Waals surface area contributed by atoms with Gasteiger partial charge in [0.25, 0.3) is 11.8 Å². The van der Waals surface area contributed by atoms with Crippen LogP contribution < -0.4 is 10.6 Å². The van der Waals surface area contributed by atoms with Crippen LogP contribution in [-0.4, -0.2) is 46.9 Å². The monoisotopic (exact) mass is 423 g/mol. The molecule has 1 aliphatic heterocycles. The number of anilines is 1. The summed E-state index contributed by atoms with van der Waals surface area (Å²) in [5, 5.41) is 5.85. The van der Waals surface area contributed by atoms with Crippen LogP contribution >= 0.6 is 11.6 Å².